The molecule has 1 saturated heterocycles. The minimum Gasteiger partial charge on any atom is -0.397 e. The van der Waals surface area contributed by atoms with Gasteiger partial charge < -0.3 is 15.7 Å². The van der Waals surface area contributed by atoms with Crippen LogP contribution in [-0.2, 0) is 0 Å². The maximum Gasteiger partial charge on any atom is 0.266 e. The second-order valence-electron chi connectivity index (χ2n) is 7.05. The molecule has 0 spiro atoms. The smallest absolute Gasteiger partial charge is 0.266 e. The molecule has 8 heteroatoms. The Labute approximate surface area is 167 Å². The van der Waals surface area contributed by atoms with E-state index < -0.39 is 6.23 Å². The lowest BCUT2D eigenvalue weighted by atomic mass is 10.1. The van der Waals surface area contributed by atoms with Crippen LogP contribution in [-0.4, -0.2) is 57.2 Å². The first-order chi connectivity index (χ1) is 13.5. The number of nitrogen functional groups attached to an aromatic ring is 1. The third kappa shape index (κ3) is 3.23. The molecule has 3 N–H and O–H groups in total. The van der Waals surface area contributed by atoms with E-state index >= 15 is 0 Å². The van der Waals surface area contributed by atoms with Crippen molar-refractivity contribution in [2.24, 2.45) is 0 Å². The number of aliphatic hydroxyl groups is 1. The van der Waals surface area contributed by atoms with Crippen molar-refractivity contribution in [2.45, 2.75) is 20.1 Å². The van der Waals surface area contributed by atoms with Crippen molar-refractivity contribution < 1.29 is 9.90 Å². The molecule has 3 heterocycles. The van der Waals surface area contributed by atoms with Crippen LogP contribution in [0, 0.1) is 13.8 Å². The number of anilines is 1. The molecule has 28 heavy (non-hydrogen) atoms. The van der Waals surface area contributed by atoms with Crippen LogP contribution in [0.15, 0.2) is 30.3 Å². The number of benzene rings is 1. The normalized spacial score (nSPS) is 16.5. The molecule has 146 valence electrons. The number of thiophene rings is 1. The van der Waals surface area contributed by atoms with Crippen LogP contribution in [0.2, 0.25) is 0 Å². The topological polar surface area (TPSA) is 95.6 Å². The zero-order valence-electron chi connectivity index (χ0n) is 15.9. The van der Waals surface area contributed by atoms with Crippen molar-refractivity contribution in [1.29, 1.82) is 0 Å². The number of nitrogens with two attached hydrogens (primary N) is 1. The molecule has 2 aromatic heterocycles. The average Bonchev–Trinajstić information content (AvgIpc) is 3.07. The Kier molecular flexibility index (Phi) is 5.01. The monoisotopic (exact) mass is 397 g/mol. The number of fused-ring (bicyclic) bond motifs is 1. The van der Waals surface area contributed by atoms with Gasteiger partial charge in [0.1, 0.15) is 15.9 Å². The molecule has 1 unspecified atom stereocenters. The van der Waals surface area contributed by atoms with Gasteiger partial charge in [-0.15, -0.1) is 16.4 Å². The molecule has 1 aliphatic heterocycles. The summed E-state index contributed by atoms with van der Waals surface area (Å²) in [6.07, 6.45) is -0.659. The largest absolute Gasteiger partial charge is 0.397 e. The summed E-state index contributed by atoms with van der Waals surface area (Å²) in [5.74, 6) is -0.0774. The maximum atomic E-state index is 13.1. The molecule has 1 atom stereocenters. The summed E-state index contributed by atoms with van der Waals surface area (Å²) in [5, 5.41) is 19.7. The number of piperazine rings is 1. The van der Waals surface area contributed by atoms with Crippen molar-refractivity contribution in [2.75, 3.05) is 31.9 Å². The molecule has 1 fully saturated rings. The standard InChI is InChI=1S/C20H23N5O2S/c1-12-13(2)22-23-18-15(12)16(21)17(28-18)20(27)25-10-8-24(9-11-25)19(26)14-6-4-3-5-7-14/h3-7,19,26H,8-11,21H2,1-2H3. The summed E-state index contributed by atoms with van der Waals surface area (Å²) in [7, 11) is 0. The Hall–Kier alpha value is -2.55. The fraction of sp³-hybridized carbons (Fsp3) is 0.350. The molecule has 0 aliphatic carbocycles. The van der Waals surface area contributed by atoms with Gasteiger partial charge in [0.15, 0.2) is 0 Å². The van der Waals surface area contributed by atoms with Gasteiger partial charge in [-0.3, -0.25) is 9.69 Å². The first kappa shape index (κ1) is 18.8. The number of nitrogens with zero attached hydrogens (tertiary/aromatic N) is 4. The fourth-order valence-electron chi connectivity index (χ4n) is 3.55. The Morgan fingerprint density at radius 1 is 1.14 bits per heavy atom. The number of aliphatic hydroxyl groups excluding tert-OH is 1. The van der Waals surface area contributed by atoms with E-state index in [2.05, 4.69) is 10.2 Å². The van der Waals surface area contributed by atoms with Gasteiger partial charge in [0.05, 0.1) is 11.4 Å². The summed E-state index contributed by atoms with van der Waals surface area (Å²) >= 11 is 1.30. The predicted octanol–water partition coefficient (Wildman–Crippen LogP) is 2.34. The average molecular weight is 398 g/mol. The number of amides is 1. The fourth-order valence-corrected chi connectivity index (χ4v) is 4.62. The van der Waals surface area contributed by atoms with Crippen molar-refractivity contribution in [3.05, 3.63) is 52.0 Å². The molecule has 0 bridgehead atoms. The van der Waals surface area contributed by atoms with E-state index in [9.17, 15) is 9.90 Å². The molecular formula is C20H23N5O2S. The maximum absolute atomic E-state index is 13.1. The van der Waals surface area contributed by atoms with Crippen molar-refractivity contribution in [1.82, 2.24) is 20.0 Å². The lowest BCUT2D eigenvalue weighted by Crippen LogP contribution is -2.49. The van der Waals surface area contributed by atoms with E-state index in [0.29, 0.717) is 41.6 Å². The van der Waals surface area contributed by atoms with Crippen molar-refractivity contribution >= 4 is 33.1 Å². The van der Waals surface area contributed by atoms with Gasteiger partial charge in [-0.1, -0.05) is 30.3 Å². The first-order valence-electron chi connectivity index (χ1n) is 9.25. The first-order valence-corrected chi connectivity index (χ1v) is 10.1. The summed E-state index contributed by atoms with van der Waals surface area (Å²) in [5.41, 5.74) is 9.45. The van der Waals surface area contributed by atoms with Crippen LogP contribution in [0.4, 0.5) is 5.69 Å². The lowest BCUT2D eigenvalue weighted by molar-refractivity contribution is -0.0239. The van der Waals surface area contributed by atoms with Gasteiger partial charge in [0.2, 0.25) is 0 Å². The molecule has 1 aliphatic rings. The Balaban J connectivity index is 1.50. The second kappa shape index (κ2) is 7.46. The number of hydrogen-bond donors (Lipinski definition) is 2. The highest BCUT2D eigenvalue weighted by Crippen LogP contribution is 2.35. The number of aryl methyl sites for hydroxylation is 2. The Morgan fingerprint density at radius 3 is 2.50 bits per heavy atom. The summed E-state index contributed by atoms with van der Waals surface area (Å²) in [6, 6.07) is 9.57. The molecule has 1 amide bonds. The second-order valence-corrected chi connectivity index (χ2v) is 8.05. The van der Waals surface area contributed by atoms with Gasteiger partial charge in [0.25, 0.3) is 5.91 Å². The van der Waals surface area contributed by atoms with Gasteiger partial charge in [0, 0.05) is 31.6 Å². The van der Waals surface area contributed by atoms with Crippen LogP contribution in [0.25, 0.3) is 10.2 Å². The number of rotatable bonds is 3. The minimum atomic E-state index is -0.659. The molecular weight excluding hydrogens is 374 g/mol. The van der Waals surface area contributed by atoms with Gasteiger partial charge in [-0.2, -0.15) is 5.10 Å². The lowest BCUT2D eigenvalue weighted by Gasteiger charge is -2.37. The van der Waals surface area contributed by atoms with Crippen molar-refractivity contribution in [3.63, 3.8) is 0 Å². The van der Waals surface area contributed by atoms with E-state index in [4.69, 9.17) is 5.73 Å². The van der Waals surface area contributed by atoms with Gasteiger partial charge in [-0.25, -0.2) is 0 Å². The minimum absolute atomic E-state index is 0.0774. The quantitative estimate of drug-likeness (QED) is 0.704. The zero-order valence-corrected chi connectivity index (χ0v) is 16.7. The highest BCUT2D eigenvalue weighted by atomic mass is 32.1. The van der Waals surface area contributed by atoms with Crippen LogP contribution in [0.3, 0.4) is 0 Å². The van der Waals surface area contributed by atoms with E-state index in [1.165, 1.54) is 11.3 Å². The number of hydrogen-bond acceptors (Lipinski definition) is 7. The van der Waals surface area contributed by atoms with Gasteiger partial charge in [-0.05, 0) is 25.0 Å². The molecule has 0 saturated carbocycles. The predicted molar refractivity (Wildman–Crippen MR) is 110 cm³/mol. The van der Waals surface area contributed by atoms with Gasteiger partial charge >= 0.3 is 0 Å². The highest BCUT2D eigenvalue weighted by Gasteiger charge is 2.29. The summed E-state index contributed by atoms with van der Waals surface area (Å²) in [6.45, 7) is 6.13. The number of aromatic nitrogens is 2. The molecule has 1 aromatic carbocycles. The van der Waals surface area contributed by atoms with Crippen LogP contribution in [0.1, 0.15) is 32.7 Å². The summed E-state index contributed by atoms with van der Waals surface area (Å²) in [4.78, 5) is 18.1. The third-order valence-corrected chi connectivity index (χ3v) is 6.45. The SMILES string of the molecule is Cc1nnc2sc(C(=O)N3CCN(C(O)c4ccccc4)CC3)c(N)c2c1C. The van der Waals surface area contributed by atoms with Crippen molar-refractivity contribution in [3.8, 4) is 0 Å². The molecule has 0 radical (unpaired) electrons. The molecule has 7 nitrogen and oxygen atoms in total. The molecule has 4 rings (SSSR count). The van der Waals surface area contributed by atoms with Crippen LogP contribution < -0.4 is 5.73 Å². The van der Waals surface area contributed by atoms with E-state index in [-0.39, 0.29) is 5.91 Å². The number of carbonyl (C=O) groups excluding carboxylic acids is 1. The highest BCUT2D eigenvalue weighted by molar-refractivity contribution is 7.21. The Bertz CT molecular complexity index is 1010. The Morgan fingerprint density at radius 2 is 1.82 bits per heavy atom. The zero-order chi connectivity index (χ0) is 19.8. The van der Waals surface area contributed by atoms with Crippen LogP contribution in [0.5, 0.6) is 0 Å². The number of carbonyl (C=O) groups is 1. The van der Waals surface area contributed by atoms with E-state index in [1.54, 1.807) is 4.90 Å². The van der Waals surface area contributed by atoms with E-state index in [0.717, 1.165) is 22.2 Å². The summed E-state index contributed by atoms with van der Waals surface area (Å²) < 4.78 is 0. The molecule has 3 aromatic rings. The third-order valence-electron chi connectivity index (χ3n) is 5.37. The van der Waals surface area contributed by atoms with E-state index in [1.807, 2.05) is 49.1 Å². The van der Waals surface area contributed by atoms with Crippen LogP contribution >= 0.6 is 11.3 Å².